The number of hydroxylamine groups is 1. The first-order valence-electron chi connectivity index (χ1n) is 6.37. The van der Waals surface area contributed by atoms with Gasteiger partial charge in [-0.2, -0.15) is 0 Å². The maximum absolute atomic E-state index is 12.0. The van der Waals surface area contributed by atoms with Crippen molar-refractivity contribution in [2.75, 3.05) is 6.54 Å². The first kappa shape index (κ1) is 13.1. The number of benzene rings is 1. The average molecular weight is 248 g/mol. The number of hydrogen-bond donors (Lipinski definition) is 2. The molecular weight excluding hydrogens is 228 g/mol. The van der Waals surface area contributed by atoms with Gasteiger partial charge in [0.25, 0.3) is 0 Å². The van der Waals surface area contributed by atoms with Crippen LogP contribution in [-0.4, -0.2) is 28.6 Å². The molecule has 3 atom stereocenters. The Hall–Kier alpha value is -1.39. The molecule has 1 fully saturated rings. The van der Waals surface area contributed by atoms with E-state index in [1.165, 1.54) is 0 Å². The molecule has 2 rings (SSSR count). The quantitative estimate of drug-likeness (QED) is 0.801. The molecule has 1 aromatic carbocycles. The molecule has 0 saturated carbocycles. The smallest absolute Gasteiger partial charge is 0.223 e. The molecule has 98 valence electrons. The lowest BCUT2D eigenvalue weighted by molar-refractivity contribution is -0.129. The summed E-state index contributed by atoms with van der Waals surface area (Å²) < 4.78 is 0. The number of hydrogen-bond acceptors (Lipinski definition) is 3. The highest BCUT2D eigenvalue weighted by Gasteiger charge is 2.35. The summed E-state index contributed by atoms with van der Waals surface area (Å²) in [6, 6.07) is 10.1. The predicted molar refractivity (Wildman–Crippen MR) is 69.1 cm³/mol. The van der Waals surface area contributed by atoms with E-state index in [1.54, 1.807) is 0 Å². The third-order valence-electron chi connectivity index (χ3n) is 3.85. The second-order valence-electron chi connectivity index (χ2n) is 5.01. The number of nitrogens with one attached hydrogen (secondary N) is 1. The lowest BCUT2D eigenvalue weighted by atomic mass is 10.0. The van der Waals surface area contributed by atoms with Crippen LogP contribution in [-0.2, 0) is 4.79 Å². The Labute approximate surface area is 108 Å². The topological polar surface area (TPSA) is 52.6 Å². The van der Waals surface area contributed by atoms with Crippen molar-refractivity contribution >= 4 is 5.91 Å². The summed E-state index contributed by atoms with van der Waals surface area (Å²) >= 11 is 0. The third-order valence-corrected chi connectivity index (χ3v) is 3.85. The lowest BCUT2D eigenvalue weighted by Crippen LogP contribution is -2.34. The number of nitrogens with zero attached hydrogens (tertiary/aromatic N) is 1. The monoisotopic (exact) mass is 248 g/mol. The summed E-state index contributed by atoms with van der Waals surface area (Å²) in [4.78, 5) is 13.9. The molecule has 4 heteroatoms. The molecule has 1 heterocycles. The van der Waals surface area contributed by atoms with Crippen molar-refractivity contribution in [1.29, 1.82) is 0 Å². The molecule has 1 aromatic rings. The largest absolute Gasteiger partial charge is 0.336 e. The Kier molecular flexibility index (Phi) is 3.99. The molecule has 0 bridgehead atoms. The van der Waals surface area contributed by atoms with E-state index in [4.69, 9.17) is 5.21 Å². The van der Waals surface area contributed by atoms with Gasteiger partial charge >= 0.3 is 0 Å². The van der Waals surface area contributed by atoms with Crippen LogP contribution in [0.3, 0.4) is 0 Å². The standard InChI is InChI=1S/C14H20N2O2/c1-10(15-18)13-8-14(17)16(9-13)11(2)12-6-4-3-5-7-12/h3-7,10-11,13,15,18H,8-9H2,1-2H3/t10?,11-,13-/m1/s1. The van der Waals surface area contributed by atoms with E-state index in [0.29, 0.717) is 13.0 Å². The van der Waals surface area contributed by atoms with Gasteiger partial charge in [-0.05, 0) is 19.4 Å². The summed E-state index contributed by atoms with van der Waals surface area (Å²) in [5, 5.41) is 8.94. The van der Waals surface area contributed by atoms with E-state index in [9.17, 15) is 4.79 Å². The maximum Gasteiger partial charge on any atom is 0.223 e. The molecule has 18 heavy (non-hydrogen) atoms. The van der Waals surface area contributed by atoms with Gasteiger partial charge in [-0.25, -0.2) is 5.48 Å². The van der Waals surface area contributed by atoms with Gasteiger partial charge in [0.05, 0.1) is 6.04 Å². The summed E-state index contributed by atoms with van der Waals surface area (Å²) in [6.45, 7) is 4.64. The van der Waals surface area contributed by atoms with Crippen molar-refractivity contribution in [3.8, 4) is 0 Å². The SMILES string of the molecule is CC(NO)[C@@H]1CC(=O)N([C@H](C)c2ccccc2)C1. The Bertz CT molecular complexity index is 408. The van der Waals surface area contributed by atoms with Gasteiger partial charge in [0.15, 0.2) is 0 Å². The van der Waals surface area contributed by atoms with Crippen LogP contribution >= 0.6 is 0 Å². The summed E-state index contributed by atoms with van der Waals surface area (Å²) in [6.07, 6.45) is 0.506. The molecular formula is C14H20N2O2. The zero-order chi connectivity index (χ0) is 13.1. The van der Waals surface area contributed by atoms with Gasteiger partial charge in [-0.1, -0.05) is 30.3 Å². The fourth-order valence-corrected chi connectivity index (χ4v) is 2.49. The minimum absolute atomic E-state index is 0.0538. The Morgan fingerprint density at radius 2 is 2.00 bits per heavy atom. The van der Waals surface area contributed by atoms with E-state index < -0.39 is 0 Å². The van der Waals surface area contributed by atoms with Crippen LogP contribution in [0, 0.1) is 5.92 Å². The number of rotatable bonds is 4. The van der Waals surface area contributed by atoms with E-state index in [2.05, 4.69) is 5.48 Å². The van der Waals surface area contributed by atoms with Gasteiger partial charge in [-0.3, -0.25) is 4.79 Å². The molecule has 0 aliphatic carbocycles. The highest BCUT2D eigenvalue weighted by atomic mass is 16.5. The minimum Gasteiger partial charge on any atom is -0.336 e. The van der Waals surface area contributed by atoms with E-state index >= 15 is 0 Å². The van der Waals surface area contributed by atoms with Gasteiger partial charge in [-0.15, -0.1) is 0 Å². The molecule has 1 unspecified atom stereocenters. The van der Waals surface area contributed by atoms with Crippen molar-refractivity contribution in [3.63, 3.8) is 0 Å². The van der Waals surface area contributed by atoms with Gasteiger partial charge < -0.3 is 10.1 Å². The minimum atomic E-state index is -0.0538. The summed E-state index contributed by atoms with van der Waals surface area (Å²) in [5.41, 5.74) is 3.40. The molecule has 2 N–H and O–H groups in total. The van der Waals surface area contributed by atoms with Crippen molar-refractivity contribution in [1.82, 2.24) is 10.4 Å². The van der Waals surface area contributed by atoms with Gasteiger partial charge in [0.1, 0.15) is 0 Å². The summed E-state index contributed by atoms with van der Waals surface area (Å²) in [7, 11) is 0. The average Bonchev–Trinajstić information content (AvgIpc) is 2.80. The first-order valence-corrected chi connectivity index (χ1v) is 6.37. The zero-order valence-corrected chi connectivity index (χ0v) is 10.8. The molecule has 4 nitrogen and oxygen atoms in total. The van der Waals surface area contributed by atoms with Gasteiger partial charge in [0.2, 0.25) is 5.91 Å². The molecule has 1 aliphatic rings. The lowest BCUT2D eigenvalue weighted by Gasteiger charge is -2.26. The Balaban J connectivity index is 2.08. The van der Waals surface area contributed by atoms with Crippen LogP contribution in [0.5, 0.6) is 0 Å². The molecule has 1 saturated heterocycles. The Morgan fingerprint density at radius 1 is 1.33 bits per heavy atom. The van der Waals surface area contributed by atoms with Crippen LogP contribution in [0.1, 0.15) is 31.9 Å². The molecule has 1 amide bonds. The number of likely N-dealkylation sites (tertiary alicyclic amines) is 1. The molecule has 0 spiro atoms. The second kappa shape index (κ2) is 5.50. The first-order chi connectivity index (χ1) is 8.63. The number of carbonyl (C=O) groups is 1. The van der Waals surface area contributed by atoms with Crippen molar-refractivity contribution in [2.45, 2.75) is 32.4 Å². The fourth-order valence-electron chi connectivity index (χ4n) is 2.49. The second-order valence-corrected chi connectivity index (χ2v) is 5.01. The molecule has 0 aromatic heterocycles. The van der Waals surface area contributed by atoms with E-state index in [0.717, 1.165) is 5.56 Å². The van der Waals surface area contributed by atoms with Gasteiger partial charge in [0, 0.05) is 24.9 Å². The van der Waals surface area contributed by atoms with E-state index in [-0.39, 0.29) is 23.9 Å². The Morgan fingerprint density at radius 3 is 2.61 bits per heavy atom. The highest BCUT2D eigenvalue weighted by molar-refractivity contribution is 5.79. The maximum atomic E-state index is 12.0. The number of amides is 1. The summed E-state index contributed by atoms with van der Waals surface area (Å²) in [5.74, 6) is 0.340. The van der Waals surface area contributed by atoms with E-state index in [1.807, 2.05) is 49.1 Å². The van der Waals surface area contributed by atoms with Crippen LogP contribution in [0.15, 0.2) is 30.3 Å². The predicted octanol–water partition coefficient (Wildman–Crippen LogP) is 1.96. The highest BCUT2D eigenvalue weighted by Crippen LogP contribution is 2.29. The van der Waals surface area contributed by atoms with Crippen LogP contribution in [0.4, 0.5) is 0 Å². The van der Waals surface area contributed by atoms with Crippen molar-refractivity contribution < 1.29 is 10.0 Å². The van der Waals surface area contributed by atoms with Crippen molar-refractivity contribution in [2.24, 2.45) is 5.92 Å². The number of carbonyl (C=O) groups excluding carboxylic acids is 1. The van der Waals surface area contributed by atoms with Crippen LogP contribution < -0.4 is 5.48 Å². The molecule has 1 aliphatic heterocycles. The van der Waals surface area contributed by atoms with Crippen LogP contribution in [0.2, 0.25) is 0 Å². The van der Waals surface area contributed by atoms with Crippen LogP contribution in [0.25, 0.3) is 0 Å². The molecule has 0 radical (unpaired) electrons. The third kappa shape index (κ3) is 2.54. The zero-order valence-electron chi connectivity index (χ0n) is 10.8. The normalized spacial score (nSPS) is 23.2. The fraction of sp³-hybridized carbons (Fsp3) is 0.500. The van der Waals surface area contributed by atoms with Crippen molar-refractivity contribution in [3.05, 3.63) is 35.9 Å².